The quantitative estimate of drug-likeness (QED) is 0.487. The standard InChI is InChI=1S/C18H22N8O6/c1-21-13-11(15(29)23(3)17(21)31)25(7-19-13)9(27)5-6-10(28)26-8-20-14-12(26)16(30)24(4)18(32)22(14)2/h7-8,11-14H,5-6H2,1-4H3. The molecule has 0 bridgehead atoms. The molecule has 0 aromatic heterocycles. The number of urea groups is 2. The van der Waals surface area contributed by atoms with E-state index in [1.165, 1.54) is 50.7 Å². The Labute approximate surface area is 182 Å². The molecule has 170 valence electrons. The van der Waals surface area contributed by atoms with Crippen molar-refractivity contribution in [3.05, 3.63) is 0 Å². The average Bonchev–Trinajstić information content (AvgIpc) is 3.42. The molecular formula is C18H22N8O6. The number of imide groups is 2. The Morgan fingerprint density at radius 3 is 1.41 bits per heavy atom. The minimum atomic E-state index is -0.990. The van der Waals surface area contributed by atoms with Gasteiger partial charge in [0, 0.05) is 41.0 Å². The molecule has 0 spiro atoms. The van der Waals surface area contributed by atoms with E-state index in [-0.39, 0.29) is 12.8 Å². The Morgan fingerprint density at radius 1 is 0.719 bits per heavy atom. The number of aliphatic imine (C=N–C) groups is 2. The Morgan fingerprint density at radius 2 is 1.06 bits per heavy atom. The van der Waals surface area contributed by atoms with Gasteiger partial charge in [0.15, 0.2) is 24.4 Å². The zero-order valence-corrected chi connectivity index (χ0v) is 17.9. The van der Waals surface area contributed by atoms with Crippen molar-refractivity contribution in [2.24, 2.45) is 9.98 Å². The minimum absolute atomic E-state index is 0.247. The van der Waals surface area contributed by atoms with E-state index in [1.54, 1.807) is 0 Å². The largest absolute Gasteiger partial charge is 0.328 e. The molecule has 32 heavy (non-hydrogen) atoms. The van der Waals surface area contributed by atoms with Crippen molar-refractivity contribution >= 4 is 48.4 Å². The third-order valence-corrected chi connectivity index (χ3v) is 6.12. The zero-order valence-electron chi connectivity index (χ0n) is 17.9. The highest BCUT2D eigenvalue weighted by molar-refractivity contribution is 6.07. The number of hydrogen-bond donors (Lipinski definition) is 0. The van der Waals surface area contributed by atoms with E-state index < -0.39 is 60.1 Å². The number of carbonyl (C=O) groups is 6. The van der Waals surface area contributed by atoms with E-state index >= 15 is 0 Å². The molecule has 0 saturated carbocycles. The van der Waals surface area contributed by atoms with Crippen LogP contribution in [-0.4, -0.2) is 130 Å². The van der Waals surface area contributed by atoms with Gasteiger partial charge in [-0.3, -0.25) is 38.8 Å². The maximum atomic E-state index is 12.8. The molecule has 0 radical (unpaired) electrons. The predicted molar refractivity (Wildman–Crippen MR) is 107 cm³/mol. The van der Waals surface area contributed by atoms with E-state index in [0.29, 0.717) is 0 Å². The van der Waals surface area contributed by atoms with Crippen LogP contribution >= 0.6 is 0 Å². The lowest BCUT2D eigenvalue weighted by Gasteiger charge is -2.39. The summed E-state index contributed by atoms with van der Waals surface area (Å²) in [6.07, 6.45) is 0.279. The van der Waals surface area contributed by atoms with Gasteiger partial charge in [-0.15, -0.1) is 0 Å². The Hall–Kier alpha value is -3.84. The summed E-state index contributed by atoms with van der Waals surface area (Å²) in [7, 11) is 5.62. The highest BCUT2D eigenvalue weighted by atomic mass is 16.2. The number of hydrogen-bond acceptors (Lipinski definition) is 8. The van der Waals surface area contributed by atoms with Crippen LogP contribution in [0.2, 0.25) is 0 Å². The SMILES string of the molecule is CN1C(=O)C2C(N=CN2C(=O)CCC(=O)N2C=NC3C2C(=O)N(C)C(=O)N3C)N(C)C1=O. The van der Waals surface area contributed by atoms with E-state index in [4.69, 9.17) is 0 Å². The maximum absolute atomic E-state index is 12.8. The summed E-state index contributed by atoms with van der Waals surface area (Å²) in [5.74, 6) is -2.17. The van der Waals surface area contributed by atoms with Crippen LogP contribution in [0, 0.1) is 0 Å². The first-order chi connectivity index (χ1) is 15.1. The van der Waals surface area contributed by atoms with Crippen LogP contribution in [0.3, 0.4) is 0 Å². The lowest BCUT2D eigenvalue weighted by atomic mass is 10.1. The van der Waals surface area contributed by atoms with E-state index in [2.05, 4.69) is 9.98 Å². The van der Waals surface area contributed by atoms with Crippen LogP contribution in [0.25, 0.3) is 0 Å². The van der Waals surface area contributed by atoms with Crippen molar-refractivity contribution in [3.8, 4) is 0 Å². The fourth-order valence-corrected chi connectivity index (χ4v) is 4.19. The van der Waals surface area contributed by atoms with Gasteiger partial charge in [0.2, 0.25) is 11.8 Å². The molecule has 2 saturated heterocycles. The van der Waals surface area contributed by atoms with Gasteiger partial charge in [0.1, 0.15) is 0 Å². The predicted octanol–water partition coefficient (Wildman–Crippen LogP) is -2.06. The van der Waals surface area contributed by atoms with Crippen LogP contribution in [0.15, 0.2) is 9.98 Å². The third-order valence-electron chi connectivity index (χ3n) is 6.12. The molecule has 4 atom stereocenters. The van der Waals surface area contributed by atoms with Gasteiger partial charge in [0.05, 0.1) is 12.7 Å². The first kappa shape index (κ1) is 21.4. The molecule has 0 N–H and O–H groups in total. The molecule has 2 fully saturated rings. The van der Waals surface area contributed by atoms with E-state index in [1.807, 2.05) is 0 Å². The lowest BCUT2D eigenvalue weighted by Crippen LogP contribution is -2.64. The van der Waals surface area contributed by atoms with Crippen molar-refractivity contribution in [2.75, 3.05) is 28.2 Å². The van der Waals surface area contributed by atoms with E-state index in [9.17, 15) is 28.8 Å². The summed E-state index contributed by atoms with van der Waals surface area (Å²) in [5.41, 5.74) is 0. The van der Waals surface area contributed by atoms with Crippen molar-refractivity contribution in [1.29, 1.82) is 0 Å². The van der Waals surface area contributed by atoms with Crippen LogP contribution in [0.5, 0.6) is 0 Å². The highest BCUT2D eigenvalue weighted by Gasteiger charge is 2.51. The van der Waals surface area contributed by atoms with Crippen LogP contribution in [0.4, 0.5) is 9.59 Å². The number of likely N-dealkylation sites (N-methyl/N-ethyl adjacent to an activating group) is 4. The van der Waals surface area contributed by atoms with Crippen molar-refractivity contribution in [1.82, 2.24) is 29.4 Å². The Kier molecular flexibility index (Phi) is 4.94. The van der Waals surface area contributed by atoms with E-state index in [0.717, 1.165) is 19.6 Å². The van der Waals surface area contributed by atoms with Gasteiger partial charge in [-0.25, -0.2) is 19.6 Å². The second-order valence-corrected chi connectivity index (χ2v) is 7.93. The van der Waals surface area contributed by atoms with Crippen molar-refractivity contribution in [2.45, 2.75) is 37.3 Å². The summed E-state index contributed by atoms with van der Waals surface area (Å²) in [4.78, 5) is 89.6. The smallest absolute Gasteiger partial charge is 0.302 e. The molecule has 4 unspecified atom stereocenters. The van der Waals surface area contributed by atoms with Crippen LogP contribution in [-0.2, 0) is 19.2 Å². The highest BCUT2D eigenvalue weighted by Crippen LogP contribution is 2.27. The average molecular weight is 446 g/mol. The van der Waals surface area contributed by atoms with Gasteiger partial charge >= 0.3 is 12.1 Å². The molecule has 0 aliphatic carbocycles. The summed E-state index contributed by atoms with van der Waals surface area (Å²) < 4.78 is 0. The molecule has 4 heterocycles. The number of carbonyl (C=O) groups excluding carboxylic acids is 6. The molecule has 0 aromatic carbocycles. The number of nitrogens with zero attached hydrogens (tertiary/aromatic N) is 8. The minimum Gasteiger partial charge on any atom is -0.302 e. The lowest BCUT2D eigenvalue weighted by molar-refractivity contribution is -0.145. The van der Waals surface area contributed by atoms with Crippen molar-refractivity contribution < 1.29 is 28.8 Å². The number of fused-ring (bicyclic) bond motifs is 2. The molecule has 14 nitrogen and oxygen atoms in total. The second kappa shape index (κ2) is 7.39. The fourth-order valence-electron chi connectivity index (χ4n) is 4.19. The molecule has 4 aliphatic rings. The van der Waals surface area contributed by atoms with Gasteiger partial charge in [-0.1, -0.05) is 0 Å². The topological polar surface area (TPSA) is 147 Å². The molecular weight excluding hydrogens is 424 g/mol. The molecule has 4 rings (SSSR count). The van der Waals surface area contributed by atoms with Crippen LogP contribution in [0.1, 0.15) is 12.8 Å². The van der Waals surface area contributed by atoms with Gasteiger partial charge < -0.3 is 9.80 Å². The van der Waals surface area contributed by atoms with Gasteiger partial charge in [-0.2, -0.15) is 0 Å². The monoisotopic (exact) mass is 446 g/mol. The normalized spacial score (nSPS) is 29.4. The first-order valence-corrected chi connectivity index (χ1v) is 9.84. The summed E-state index contributed by atoms with van der Waals surface area (Å²) in [6, 6.07) is -3.02. The summed E-state index contributed by atoms with van der Waals surface area (Å²) >= 11 is 0. The number of rotatable bonds is 3. The third kappa shape index (κ3) is 2.93. The Balaban J connectivity index is 1.41. The summed E-state index contributed by atoms with van der Waals surface area (Å²) in [6.45, 7) is 0. The molecule has 14 heteroatoms. The Bertz CT molecular complexity index is 916. The molecule has 0 aromatic rings. The summed E-state index contributed by atoms with van der Waals surface area (Å²) in [5, 5.41) is 0. The zero-order chi connectivity index (χ0) is 23.5. The molecule has 8 amide bonds. The first-order valence-electron chi connectivity index (χ1n) is 9.84. The van der Waals surface area contributed by atoms with Crippen LogP contribution < -0.4 is 0 Å². The fraction of sp³-hybridized carbons (Fsp3) is 0.556. The maximum Gasteiger partial charge on any atom is 0.328 e. The molecule has 4 aliphatic heterocycles. The second-order valence-electron chi connectivity index (χ2n) is 7.93. The van der Waals surface area contributed by atoms with Crippen molar-refractivity contribution in [3.63, 3.8) is 0 Å². The number of amides is 8. The van der Waals surface area contributed by atoms with Gasteiger partial charge in [-0.05, 0) is 0 Å². The van der Waals surface area contributed by atoms with Gasteiger partial charge in [0.25, 0.3) is 11.8 Å².